The van der Waals surface area contributed by atoms with Gasteiger partial charge in [-0.3, -0.25) is 0 Å². The third-order valence-corrected chi connectivity index (χ3v) is 4.22. The lowest BCUT2D eigenvalue weighted by molar-refractivity contribution is 0.655. The zero-order valence-electron chi connectivity index (χ0n) is 11.1. The number of nitrogens with one attached hydrogen (secondary N) is 1. The Morgan fingerprint density at radius 3 is 2.78 bits per heavy atom. The highest BCUT2D eigenvalue weighted by atomic mass is 32.2. The standard InChI is InChI=1S/C14H19N3S/c1-11-6-4-5-7-12(11)13(15-2)10-18-14-16-8-9-17(14)3/h4-9,13,15H,10H2,1-3H3. The predicted molar refractivity (Wildman–Crippen MR) is 76.9 cm³/mol. The monoisotopic (exact) mass is 261 g/mol. The number of hydrogen-bond donors (Lipinski definition) is 1. The minimum atomic E-state index is 0.355. The first-order valence-electron chi connectivity index (χ1n) is 6.05. The molecular formula is C14H19N3S. The molecule has 96 valence electrons. The summed E-state index contributed by atoms with van der Waals surface area (Å²) in [5, 5.41) is 4.44. The molecule has 18 heavy (non-hydrogen) atoms. The largest absolute Gasteiger partial charge is 0.329 e. The zero-order chi connectivity index (χ0) is 13.0. The molecule has 0 amide bonds. The lowest BCUT2D eigenvalue weighted by Crippen LogP contribution is -2.19. The van der Waals surface area contributed by atoms with Crippen molar-refractivity contribution in [3.05, 3.63) is 47.8 Å². The van der Waals surface area contributed by atoms with Crippen LogP contribution in [0.25, 0.3) is 0 Å². The maximum atomic E-state index is 4.34. The van der Waals surface area contributed by atoms with Gasteiger partial charge in [0.15, 0.2) is 5.16 Å². The van der Waals surface area contributed by atoms with Gasteiger partial charge in [-0.05, 0) is 25.1 Å². The van der Waals surface area contributed by atoms with Crippen molar-refractivity contribution < 1.29 is 0 Å². The number of imidazole rings is 1. The van der Waals surface area contributed by atoms with E-state index in [1.54, 1.807) is 11.8 Å². The molecule has 4 heteroatoms. The molecule has 1 aromatic carbocycles. The number of nitrogens with zero attached hydrogens (tertiary/aromatic N) is 2. The van der Waals surface area contributed by atoms with Crippen LogP contribution in [-0.2, 0) is 7.05 Å². The van der Waals surface area contributed by atoms with Crippen LogP contribution in [0.2, 0.25) is 0 Å². The molecule has 0 aliphatic rings. The van der Waals surface area contributed by atoms with Crippen molar-refractivity contribution >= 4 is 11.8 Å². The Bertz CT molecular complexity index is 507. The van der Waals surface area contributed by atoms with Gasteiger partial charge in [-0.15, -0.1) is 0 Å². The molecule has 0 aliphatic heterocycles. The molecule has 0 saturated carbocycles. The Balaban J connectivity index is 2.07. The van der Waals surface area contributed by atoms with E-state index in [1.807, 2.05) is 26.5 Å². The fourth-order valence-electron chi connectivity index (χ4n) is 1.96. The Hall–Kier alpha value is -1.26. The number of benzene rings is 1. The molecule has 0 radical (unpaired) electrons. The molecule has 0 aliphatic carbocycles. The summed E-state index contributed by atoms with van der Waals surface area (Å²) in [5.41, 5.74) is 2.69. The molecule has 2 aromatic rings. The van der Waals surface area contributed by atoms with Gasteiger partial charge in [0.2, 0.25) is 0 Å². The van der Waals surface area contributed by atoms with Gasteiger partial charge in [0.25, 0.3) is 0 Å². The number of rotatable bonds is 5. The molecule has 0 saturated heterocycles. The molecule has 0 bridgehead atoms. The summed E-state index contributed by atoms with van der Waals surface area (Å²) in [6.45, 7) is 2.16. The van der Waals surface area contributed by atoms with E-state index in [2.05, 4.69) is 46.1 Å². The molecular weight excluding hydrogens is 242 g/mol. The van der Waals surface area contributed by atoms with Crippen molar-refractivity contribution in [3.8, 4) is 0 Å². The Labute approximate surface area is 113 Å². The van der Waals surface area contributed by atoms with Gasteiger partial charge in [0.1, 0.15) is 0 Å². The van der Waals surface area contributed by atoms with E-state index in [4.69, 9.17) is 0 Å². The molecule has 3 nitrogen and oxygen atoms in total. The summed E-state index contributed by atoms with van der Waals surface area (Å²) in [6.07, 6.45) is 3.81. The summed E-state index contributed by atoms with van der Waals surface area (Å²) in [7, 11) is 4.04. The average Bonchev–Trinajstić information content (AvgIpc) is 2.78. The zero-order valence-corrected chi connectivity index (χ0v) is 11.9. The summed E-state index contributed by atoms with van der Waals surface area (Å²) in [5.74, 6) is 0.978. The molecule has 0 spiro atoms. The highest BCUT2D eigenvalue weighted by Gasteiger charge is 2.12. The Morgan fingerprint density at radius 2 is 2.17 bits per heavy atom. The first-order chi connectivity index (χ1) is 8.72. The first-order valence-corrected chi connectivity index (χ1v) is 7.04. The van der Waals surface area contributed by atoms with E-state index in [-0.39, 0.29) is 0 Å². The second-order valence-corrected chi connectivity index (χ2v) is 5.32. The van der Waals surface area contributed by atoms with Crippen LogP contribution in [0.15, 0.2) is 41.8 Å². The van der Waals surface area contributed by atoms with Crippen molar-refractivity contribution in [2.24, 2.45) is 7.05 Å². The van der Waals surface area contributed by atoms with Crippen molar-refractivity contribution in [1.82, 2.24) is 14.9 Å². The summed E-state index contributed by atoms with van der Waals surface area (Å²) in [6, 6.07) is 8.88. The van der Waals surface area contributed by atoms with E-state index >= 15 is 0 Å². The average molecular weight is 261 g/mol. The Kier molecular flexibility index (Phi) is 4.44. The smallest absolute Gasteiger partial charge is 0.167 e. The predicted octanol–water partition coefficient (Wildman–Crippen LogP) is 2.78. The maximum absolute atomic E-state index is 4.34. The maximum Gasteiger partial charge on any atom is 0.167 e. The minimum Gasteiger partial charge on any atom is -0.329 e. The van der Waals surface area contributed by atoms with Gasteiger partial charge < -0.3 is 9.88 Å². The highest BCUT2D eigenvalue weighted by molar-refractivity contribution is 7.99. The second kappa shape index (κ2) is 6.07. The quantitative estimate of drug-likeness (QED) is 0.839. The number of hydrogen-bond acceptors (Lipinski definition) is 3. The fourth-order valence-corrected chi connectivity index (χ4v) is 3.02. The van der Waals surface area contributed by atoms with Crippen LogP contribution in [0.5, 0.6) is 0 Å². The highest BCUT2D eigenvalue weighted by Crippen LogP contribution is 2.24. The van der Waals surface area contributed by atoms with Crippen molar-refractivity contribution in [3.63, 3.8) is 0 Å². The van der Waals surface area contributed by atoms with Gasteiger partial charge in [-0.2, -0.15) is 0 Å². The SMILES string of the molecule is CNC(CSc1nccn1C)c1ccccc1C. The minimum absolute atomic E-state index is 0.355. The van der Waals surface area contributed by atoms with Crippen molar-refractivity contribution in [2.75, 3.05) is 12.8 Å². The summed E-state index contributed by atoms with van der Waals surface area (Å²) >= 11 is 1.78. The van der Waals surface area contributed by atoms with Crippen LogP contribution in [0.4, 0.5) is 0 Å². The second-order valence-electron chi connectivity index (χ2n) is 4.33. The normalized spacial score (nSPS) is 12.6. The first kappa shape index (κ1) is 13.2. The summed E-state index contributed by atoms with van der Waals surface area (Å²) in [4.78, 5) is 4.34. The number of thioether (sulfide) groups is 1. The number of aromatic nitrogens is 2. The van der Waals surface area contributed by atoms with Crippen molar-refractivity contribution in [1.29, 1.82) is 0 Å². The lowest BCUT2D eigenvalue weighted by atomic mass is 10.0. The third kappa shape index (κ3) is 2.94. The summed E-state index contributed by atoms with van der Waals surface area (Å²) < 4.78 is 2.05. The number of aryl methyl sites for hydroxylation is 2. The van der Waals surface area contributed by atoms with E-state index in [9.17, 15) is 0 Å². The molecule has 1 atom stereocenters. The fraction of sp³-hybridized carbons (Fsp3) is 0.357. The van der Waals surface area contributed by atoms with Gasteiger partial charge in [-0.25, -0.2) is 4.98 Å². The topological polar surface area (TPSA) is 29.9 Å². The molecule has 1 N–H and O–H groups in total. The van der Waals surface area contributed by atoms with Crippen LogP contribution in [0.3, 0.4) is 0 Å². The van der Waals surface area contributed by atoms with Crippen LogP contribution in [-0.4, -0.2) is 22.4 Å². The van der Waals surface area contributed by atoms with E-state index in [1.165, 1.54) is 11.1 Å². The van der Waals surface area contributed by atoms with Crippen LogP contribution in [0, 0.1) is 6.92 Å². The van der Waals surface area contributed by atoms with Crippen molar-refractivity contribution in [2.45, 2.75) is 18.1 Å². The molecule has 0 fully saturated rings. The van der Waals surface area contributed by atoms with Gasteiger partial charge in [0, 0.05) is 31.2 Å². The molecule has 1 heterocycles. The molecule has 1 unspecified atom stereocenters. The Morgan fingerprint density at radius 1 is 1.39 bits per heavy atom. The molecule has 2 rings (SSSR count). The van der Waals surface area contributed by atoms with E-state index in [0.717, 1.165) is 10.9 Å². The molecule has 1 aromatic heterocycles. The van der Waals surface area contributed by atoms with Crippen LogP contribution < -0.4 is 5.32 Å². The van der Waals surface area contributed by atoms with Gasteiger partial charge in [-0.1, -0.05) is 36.0 Å². The van der Waals surface area contributed by atoms with Crippen LogP contribution >= 0.6 is 11.8 Å². The van der Waals surface area contributed by atoms with E-state index < -0.39 is 0 Å². The third-order valence-electron chi connectivity index (χ3n) is 3.07. The lowest BCUT2D eigenvalue weighted by Gasteiger charge is -2.18. The van der Waals surface area contributed by atoms with E-state index in [0.29, 0.717) is 6.04 Å². The van der Waals surface area contributed by atoms with Crippen LogP contribution in [0.1, 0.15) is 17.2 Å². The van der Waals surface area contributed by atoms with Gasteiger partial charge in [0.05, 0.1) is 0 Å². The van der Waals surface area contributed by atoms with Gasteiger partial charge >= 0.3 is 0 Å².